The molecule has 58 valence electrons. The first kappa shape index (κ1) is 7.54. The predicted octanol–water partition coefficient (Wildman–Crippen LogP) is 0.523. The third kappa shape index (κ3) is 1.70. The van der Waals surface area contributed by atoms with Gasteiger partial charge in [0.05, 0.1) is 0 Å². The molecule has 0 radical (unpaired) electrons. The molecule has 1 aliphatic rings. The summed E-state index contributed by atoms with van der Waals surface area (Å²) in [5.41, 5.74) is 3.05. The number of hydrogen-bond acceptors (Lipinski definition) is 2. The van der Waals surface area contributed by atoms with Crippen LogP contribution >= 0.6 is 0 Å². The molecule has 1 fully saturated rings. The van der Waals surface area contributed by atoms with Gasteiger partial charge in [-0.05, 0) is 12.8 Å². The minimum absolute atomic E-state index is 0.208. The Balaban J connectivity index is 2.31. The Hall–Kier alpha value is -0.570. The molecule has 3 nitrogen and oxygen atoms in total. The summed E-state index contributed by atoms with van der Waals surface area (Å²) in [6.07, 6.45) is 2.93. The van der Waals surface area contributed by atoms with Crippen LogP contribution in [0.1, 0.15) is 26.2 Å². The Morgan fingerprint density at radius 3 is 2.90 bits per heavy atom. The van der Waals surface area contributed by atoms with E-state index in [0.717, 1.165) is 19.5 Å². The van der Waals surface area contributed by atoms with Crippen LogP contribution in [-0.2, 0) is 4.79 Å². The standard InChI is InChI=1S/C7H14N2O/c1-2-7(10)9-6-4-3-5-8-9/h8H,2-6H2,1H3. The number of hydrogen-bond donors (Lipinski definition) is 1. The van der Waals surface area contributed by atoms with Crippen LogP contribution in [0.4, 0.5) is 0 Å². The first-order valence-electron chi connectivity index (χ1n) is 3.88. The third-order valence-electron chi connectivity index (χ3n) is 1.71. The molecule has 1 rings (SSSR count). The second-order valence-corrected chi connectivity index (χ2v) is 2.51. The van der Waals surface area contributed by atoms with Crippen molar-refractivity contribution in [3.05, 3.63) is 0 Å². The second kappa shape index (κ2) is 3.56. The Kier molecular flexibility index (Phi) is 2.68. The second-order valence-electron chi connectivity index (χ2n) is 2.51. The van der Waals surface area contributed by atoms with Gasteiger partial charge in [-0.3, -0.25) is 9.80 Å². The zero-order valence-corrected chi connectivity index (χ0v) is 6.39. The minimum Gasteiger partial charge on any atom is -0.278 e. The third-order valence-corrected chi connectivity index (χ3v) is 1.71. The van der Waals surface area contributed by atoms with Gasteiger partial charge in [-0.15, -0.1) is 0 Å². The van der Waals surface area contributed by atoms with Gasteiger partial charge in [0.2, 0.25) is 5.91 Å². The number of carbonyl (C=O) groups excluding carboxylic acids is 1. The molecule has 1 amide bonds. The van der Waals surface area contributed by atoms with Crippen molar-refractivity contribution >= 4 is 5.91 Å². The molecule has 0 aromatic carbocycles. The lowest BCUT2D eigenvalue weighted by atomic mass is 10.2. The van der Waals surface area contributed by atoms with E-state index < -0.39 is 0 Å². The molecule has 1 heterocycles. The fourth-order valence-electron chi connectivity index (χ4n) is 1.09. The highest BCUT2D eigenvalue weighted by atomic mass is 16.2. The number of carbonyl (C=O) groups is 1. The van der Waals surface area contributed by atoms with Crippen LogP contribution in [-0.4, -0.2) is 24.0 Å². The molecule has 1 N–H and O–H groups in total. The van der Waals surface area contributed by atoms with E-state index in [0.29, 0.717) is 6.42 Å². The van der Waals surface area contributed by atoms with Crippen LogP contribution < -0.4 is 5.43 Å². The fourth-order valence-corrected chi connectivity index (χ4v) is 1.09. The van der Waals surface area contributed by atoms with Gasteiger partial charge in [0, 0.05) is 19.5 Å². The molecule has 0 saturated carbocycles. The average Bonchev–Trinajstić information content (AvgIpc) is 2.05. The molecule has 10 heavy (non-hydrogen) atoms. The Morgan fingerprint density at radius 1 is 1.60 bits per heavy atom. The normalized spacial score (nSPS) is 19.1. The number of nitrogens with one attached hydrogen (secondary N) is 1. The fraction of sp³-hybridized carbons (Fsp3) is 0.857. The maximum Gasteiger partial charge on any atom is 0.236 e. The molecule has 0 aromatic rings. The summed E-state index contributed by atoms with van der Waals surface area (Å²) in [6, 6.07) is 0. The topological polar surface area (TPSA) is 32.3 Å². The SMILES string of the molecule is CCC(=O)N1CCCCN1. The number of hydrazine groups is 1. The smallest absolute Gasteiger partial charge is 0.236 e. The highest BCUT2D eigenvalue weighted by molar-refractivity contribution is 5.75. The van der Waals surface area contributed by atoms with Gasteiger partial charge >= 0.3 is 0 Å². The molecule has 0 aliphatic carbocycles. The van der Waals surface area contributed by atoms with Gasteiger partial charge in [-0.2, -0.15) is 0 Å². The van der Waals surface area contributed by atoms with Gasteiger partial charge in [0.1, 0.15) is 0 Å². The van der Waals surface area contributed by atoms with Crippen LogP contribution in [0.5, 0.6) is 0 Å². The van der Waals surface area contributed by atoms with Crippen molar-refractivity contribution < 1.29 is 4.79 Å². The first-order chi connectivity index (χ1) is 4.84. The van der Waals surface area contributed by atoms with Gasteiger partial charge in [0.15, 0.2) is 0 Å². The molecule has 0 unspecified atom stereocenters. The Morgan fingerprint density at radius 2 is 2.40 bits per heavy atom. The van der Waals surface area contributed by atoms with Gasteiger partial charge in [0.25, 0.3) is 0 Å². The first-order valence-corrected chi connectivity index (χ1v) is 3.88. The predicted molar refractivity (Wildman–Crippen MR) is 39.2 cm³/mol. The van der Waals surface area contributed by atoms with Crippen molar-refractivity contribution in [2.45, 2.75) is 26.2 Å². The lowest BCUT2D eigenvalue weighted by molar-refractivity contribution is -0.135. The zero-order valence-electron chi connectivity index (χ0n) is 6.39. The molecule has 3 heteroatoms. The summed E-state index contributed by atoms with van der Waals surface area (Å²) in [5, 5.41) is 1.73. The maximum atomic E-state index is 11.0. The molecular weight excluding hydrogens is 128 g/mol. The van der Waals surface area contributed by atoms with Crippen molar-refractivity contribution in [1.82, 2.24) is 10.4 Å². The molecule has 0 aromatic heterocycles. The molecule has 1 aliphatic heterocycles. The van der Waals surface area contributed by atoms with Crippen molar-refractivity contribution in [3.63, 3.8) is 0 Å². The van der Waals surface area contributed by atoms with E-state index in [2.05, 4.69) is 5.43 Å². The van der Waals surface area contributed by atoms with E-state index in [4.69, 9.17) is 0 Å². The van der Waals surface area contributed by atoms with Crippen molar-refractivity contribution in [3.8, 4) is 0 Å². The highest BCUT2D eigenvalue weighted by Crippen LogP contribution is 2.00. The van der Waals surface area contributed by atoms with E-state index in [1.54, 1.807) is 5.01 Å². The number of nitrogens with zero attached hydrogens (tertiary/aromatic N) is 1. The largest absolute Gasteiger partial charge is 0.278 e. The van der Waals surface area contributed by atoms with Crippen LogP contribution in [0.15, 0.2) is 0 Å². The van der Waals surface area contributed by atoms with E-state index in [-0.39, 0.29) is 5.91 Å². The minimum atomic E-state index is 0.208. The van der Waals surface area contributed by atoms with Gasteiger partial charge in [-0.1, -0.05) is 6.92 Å². The van der Waals surface area contributed by atoms with E-state index in [1.807, 2.05) is 6.92 Å². The maximum absolute atomic E-state index is 11.0. The molecule has 0 bridgehead atoms. The molecular formula is C7H14N2O. The van der Waals surface area contributed by atoms with Gasteiger partial charge < -0.3 is 0 Å². The summed E-state index contributed by atoms with van der Waals surface area (Å²) in [4.78, 5) is 11.0. The van der Waals surface area contributed by atoms with Crippen LogP contribution in [0.3, 0.4) is 0 Å². The van der Waals surface area contributed by atoms with Crippen molar-refractivity contribution in [2.24, 2.45) is 0 Å². The van der Waals surface area contributed by atoms with Crippen LogP contribution in [0.2, 0.25) is 0 Å². The monoisotopic (exact) mass is 142 g/mol. The van der Waals surface area contributed by atoms with E-state index in [9.17, 15) is 4.79 Å². The van der Waals surface area contributed by atoms with Crippen LogP contribution in [0, 0.1) is 0 Å². The summed E-state index contributed by atoms with van der Waals surface area (Å²) in [6.45, 7) is 3.72. The lowest BCUT2D eigenvalue weighted by Gasteiger charge is -2.27. The van der Waals surface area contributed by atoms with Crippen LogP contribution in [0.25, 0.3) is 0 Å². The summed E-state index contributed by atoms with van der Waals surface area (Å²) in [7, 11) is 0. The molecule has 1 saturated heterocycles. The highest BCUT2D eigenvalue weighted by Gasteiger charge is 2.12. The summed E-state index contributed by atoms with van der Waals surface area (Å²) >= 11 is 0. The Labute approximate surface area is 61.4 Å². The lowest BCUT2D eigenvalue weighted by Crippen LogP contribution is -2.46. The average molecular weight is 142 g/mol. The summed E-state index contributed by atoms with van der Waals surface area (Å²) in [5.74, 6) is 0.208. The van der Waals surface area contributed by atoms with E-state index >= 15 is 0 Å². The van der Waals surface area contributed by atoms with Crippen molar-refractivity contribution in [2.75, 3.05) is 13.1 Å². The molecule has 0 atom stereocenters. The Bertz CT molecular complexity index is 119. The van der Waals surface area contributed by atoms with Crippen molar-refractivity contribution in [1.29, 1.82) is 0 Å². The summed E-state index contributed by atoms with van der Waals surface area (Å²) < 4.78 is 0. The number of rotatable bonds is 1. The zero-order chi connectivity index (χ0) is 7.40. The van der Waals surface area contributed by atoms with E-state index in [1.165, 1.54) is 6.42 Å². The number of amides is 1. The molecule has 0 spiro atoms. The quantitative estimate of drug-likeness (QED) is 0.579. The van der Waals surface area contributed by atoms with Gasteiger partial charge in [-0.25, -0.2) is 5.43 Å².